The fraction of sp³-hybridized carbons (Fsp3) is 0.182. The molecule has 0 atom stereocenters. The van der Waals surface area contributed by atoms with E-state index in [9.17, 15) is 0 Å². The van der Waals surface area contributed by atoms with Crippen molar-refractivity contribution in [3.8, 4) is 0 Å². The minimum atomic E-state index is 0.841. The van der Waals surface area contributed by atoms with Gasteiger partial charge in [-0.05, 0) is 12.5 Å². The lowest BCUT2D eigenvalue weighted by atomic mass is 10.1. The van der Waals surface area contributed by atoms with Crippen LogP contribution < -0.4 is 5.32 Å². The van der Waals surface area contributed by atoms with E-state index in [2.05, 4.69) is 41.5 Å². The van der Waals surface area contributed by atoms with E-state index in [1.807, 2.05) is 11.6 Å². The van der Waals surface area contributed by atoms with Crippen LogP contribution in [-0.4, -0.2) is 4.98 Å². The maximum Gasteiger partial charge on any atom is 0.182 e. The first-order chi connectivity index (χ1) is 6.84. The summed E-state index contributed by atoms with van der Waals surface area (Å²) in [6.07, 6.45) is 1.81. The second-order valence-electron chi connectivity index (χ2n) is 3.18. The number of nitrogens with zero attached hydrogens (tertiary/aromatic N) is 1. The van der Waals surface area contributed by atoms with Gasteiger partial charge in [0.1, 0.15) is 0 Å². The van der Waals surface area contributed by atoms with Crippen LogP contribution in [0.3, 0.4) is 0 Å². The lowest BCUT2D eigenvalue weighted by molar-refractivity contribution is 1.13. The Hall–Kier alpha value is -1.35. The Labute approximate surface area is 87.6 Å². The Morgan fingerprint density at radius 2 is 2.07 bits per heavy atom. The molecule has 0 amide bonds. The molecule has 0 bridgehead atoms. The van der Waals surface area contributed by atoms with Crippen molar-refractivity contribution in [2.24, 2.45) is 0 Å². The third-order valence-corrected chi connectivity index (χ3v) is 2.73. The molecule has 0 spiro atoms. The summed E-state index contributed by atoms with van der Waals surface area (Å²) in [5, 5.41) is 6.21. The average molecular weight is 204 g/mol. The number of hydrogen-bond donors (Lipinski definition) is 1. The summed E-state index contributed by atoms with van der Waals surface area (Å²) in [6.45, 7) is 2.94. The first-order valence-corrected chi connectivity index (χ1v) is 5.41. The number of thiazole rings is 1. The van der Waals surface area contributed by atoms with Gasteiger partial charge < -0.3 is 5.32 Å². The van der Waals surface area contributed by atoms with E-state index in [0.29, 0.717) is 0 Å². The lowest BCUT2D eigenvalue weighted by Gasteiger charge is -2.02. The molecule has 3 heteroatoms. The topological polar surface area (TPSA) is 24.9 Å². The zero-order valence-electron chi connectivity index (χ0n) is 8.03. The summed E-state index contributed by atoms with van der Waals surface area (Å²) in [5.41, 5.74) is 2.58. The molecule has 2 nitrogen and oxygen atoms in total. The van der Waals surface area contributed by atoms with Crippen LogP contribution >= 0.6 is 11.3 Å². The largest absolute Gasteiger partial charge is 0.357 e. The number of nitrogens with one attached hydrogen (secondary N) is 1. The Morgan fingerprint density at radius 1 is 1.29 bits per heavy atom. The molecule has 2 aromatic rings. The highest BCUT2D eigenvalue weighted by Crippen LogP contribution is 2.12. The highest BCUT2D eigenvalue weighted by atomic mass is 32.1. The Balaban J connectivity index is 1.95. The van der Waals surface area contributed by atoms with Crippen molar-refractivity contribution in [1.82, 2.24) is 4.98 Å². The van der Waals surface area contributed by atoms with Gasteiger partial charge in [-0.25, -0.2) is 4.98 Å². The molecule has 1 heterocycles. The molecule has 72 valence electrons. The van der Waals surface area contributed by atoms with Gasteiger partial charge in [0.2, 0.25) is 0 Å². The van der Waals surface area contributed by atoms with Gasteiger partial charge in [-0.3, -0.25) is 0 Å². The van der Waals surface area contributed by atoms with Gasteiger partial charge in [-0.1, -0.05) is 29.8 Å². The molecule has 0 aliphatic carbocycles. The number of aromatic nitrogens is 1. The van der Waals surface area contributed by atoms with Crippen LogP contribution in [0, 0.1) is 6.92 Å². The molecule has 0 aliphatic rings. The van der Waals surface area contributed by atoms with Gasteiger partial charge >= 0.3 is 0 Å². The van der Waals surface area contributed by atoms with Gasteiger partial charge in [-0.15, -0.1) is 11.3 Å². The molecule has 1 N–H and O–H groups in total. The summed E-state index contributed by atoms with van der Waals surface area (Å²) in [5.74, 6) is 0. The van der Waals surface area contributed by atoms with E-state index in [4.69, 9.17) is 0 Å². The van der Waals surface area contributed by atoms with Crippen molar-refractivity contribution >= 4 is 16.5 Å². The van der Waals surface area contributed by atoms with E-state index in [1.54, 1.807) is 11.3 Å². The molecule has 1 aromatic carbocycles. The molecule has 0 aliphatic heterocycles. The number of rotatable bonds is 3. The smallest absolute Gasteiger partial charge is 0.182 e. The minimum absolute atomic E-state index is 0.841. The van der Waals surface area contributed by atoms with Crippen LogP contribution in [0.25, 0.3) is 0 Å². The first kappa shape index (κ1) is 9.21. The number of benzene rings is 1. The van der Waals surface area contributed by atoms with E-state index in [1.165, 1.54) is 11.1 Å². The molecule has 14 heavy (non-hydrogen) atoms. The zero-order chi connectivity index (χ0) is 9.80. The van der Waals surface area contributed by atoms with Crippen LogP contribution in [0.4, 0.5) is 5.13 Å². The predicted octanol–water partition coefficient (Wildman–Crippen LogP) is 3.06. The van der Waals surface area contributed by atoms with Crippen LogP contribution in [0.15, 0.2) is 35.8 Å². The monoisotopic (exact) mass is 204 g/mol. The van der Waals surface area contributed by atoms with Crippen molar-refractivity contribution in [3.63, 3.8) is 0 Å². The molecular formula is C11H12N2S. The van der Waals surface area contributed by atoms with Crippen LogP contribution in [0.2, 0.25) is 0 Å². The van der Waals surface area contributed by atoms with Gasteiger partial charge in [0, 0.05) is 18.1 Å². The fourth-order valence-corrected chi connectivity index (χ4v) is 1.72. The summed E-state index contributed by atoms with van der Waals surface area (Å²) >= 11 is 1.62. The van der Waals surface area contributed by atoms with E-state index in [0.717, 1.165) is 11.7 Å². The van der Waals surface area contributed by atoms with Crippen molar-refractivity contribution in [3.05, 3.63) is 47.0 Å². The highest BCUT2D eigenvalue weighted by Gasteiger charge is 1.94. The second-order valence-corrected chi connectivity index (χ2v) is 4.07. The van der Waals surface area contributed by atoms with E-state index < -0.39 is 0 Å². The van der Waals surface area contributed by atoms with Gasteiger partial charge in [0.25, 0.3) is 0 Å². The normalized spacial score (nSPS) is 10.1. The third-order valence-electron chi connectivity index (χ3n) is 2.00. The third kappa shape index (κ3) is 2.33. The molecule has 0 saturated carbocycles. The van der Waals surface area contributed by atoms with Crippen LogP contribution in [0.5, 0.6) is 0 Å². The minimum Gasteiger partial charge on any atom is -0.357 e. The molecule has 0 saturated heterocycles. The number of hydrogen-bond acceptors (Lipinski definition) is 3. The molecule has 0 radical (unpaired) electrons. The number of anilines is 1. The van der Waals surface area contributed by atoms with Crippen molar-refractivity contribution < 1.29 is 0 Å². The molecule has 1 aromatic heterocycles. The Kier molecular flexibility index (Phi) is 2.79. The number of aryl methyl sites for hydroxylation is 1. The quantitative estimate of drug-likeness (QED) is 0.831. The zero-order valence-corrected chi connectivity index (χ0v) is 8.84. The van der Waals surface area contributed by atoms with Crippen molar-refractivity contribution in [2.75, 3.05) is 5.32 Å². The Morgan fingerprint density at radius 3 is 2.71 bits per heavy atom. The van der Waals surface area contributed by atoms with E-state index in [-0.39, 0.29) is 0 Å². The van der Waals surface area contributed by atoms with Gasteiger partial charge in [0.05, 0.1) is 0 Å². The lowest BCUT2D eigenvalue weighted by Crippen LogP contribution is -1.98. The predicted molar refractivity (Wildman–Crippen MR) is 60.6 cm³/mol. The molecular weight excluding hydrogens is 192 g/mol. The van der Waals surface area contributed by atoms with Gasteiger partial charge in [-0.2, -0.15) is 0 Å². The fourth-order valence-electron chi connectivity index (χ4n) is 1.19. The summed E-state index contributed by atoms with van der Waals surface area (Å²) in [7, 11) is 0. The summed E-state index contributed by atoms with van der Waals surface area (Å²) < 4.78 is 0. The second kappa shape index (κ2) is 4.24. The maximum atomic E-state index is 4.16. The highest BCUT2D eigenvalue weighted by molar-refractivity contribution is 7.13. The summed E-state index contributed by atoms with van der Waals surface area (Å²) in [6, 6.07) is 8.52. The molecule has 0 unspecified atom stereocenters. The first-order valence-electron chi connectivity index (χ1n) is 4.53. The molecule has 0 fully saturated rings. The van der Waals surface area contributed by atoms with Gasteiger partial charge in [0.15, 0.2) is 5.13 Å². The molecule has 2 rings (SSSR count). The Bertz CT molecular complexity index is 378. The van der Waals surface area contributed by atoms with Crippen molar-refractivity contribution in [2.45, 2.75) is 13.5 Å². The van der Waals surface area contributed by atoms with Crippen LogP contribution in [0.1, 0.15) is 11.1 Å². The summed E-state index contributed by atoms with van der Waals surface area (Å²) in [4.78, 5) is 4.16. The average Bonchev–Trinajstić information content (AvgIpc) is 2.70. The standard InChI is InChI=1S/C11H12N2S/c1-9-2-4-10(5-3-9)8-13-11-12-6-7-14-11/h2-7H,8H2,1H3,(H,12,13). The maximum absolute atomic E-state index is 4.16. The van der Waals surface area contributed by atoms with Crippen LogP contribution in [-0.2, 0) is 6.54 Å². The van der Waals surface area contributed by atoms with E-state index >= 15 is 0 Å². The SMILES string of the molecule is Cc1ccc(CNc2nccs2)cc1. The van der Waals surface area contributed by atoms with Crippen molar-refractivity contribution in [1.29, 1.82) is 0 Å².